The number of amides is 2. The van der Waals surface area contributed by atoms with E-state index in [-0.39, 0.29) is 16.9 Å². The Labute approximate surface area is 209 Å². The Bertz CT molecular complexity index is 1080. The molecule has 4 aliphatic heterocycles. The number of carbonyl (C=O) groups is 3. The summed E-state index contributed by atoms with van der Waals surface area (Å²) in [5, 5.41) is 12.8. The fourth-order valence-corrected chi connectivity index (χ4v) is 7.49. The van der Waals surface area contributed by atoms with Crippen LogP contribution in [0.2, 0.25) is 0 Å². The van der Waals surface area contributed by atoms with Gasteiger partial charge in [-0.25, -0.2) is 17.9 Å². The Kier molecular flexibility index (Phi) is 7.38. The van der Waals surface area contributed by atoms with Crippen LogP contribution in [0.1, 0.15) is 20.3 Å². The number of carboxylic acids is 1. The first-order valence-electron chi connectivity index (χ1n) is 11.4. The number of rotatable bonds is 7. The molecule has 0 saturated carbocycles. The molecule has 2 amide bonds. The first-order valence-corrected chi connectivity index (χ1v) is 13.8. The molecule has 11 nitrogen and oxygen atoms in total. The number of sulfonamides is 1. The molecule has 3 fully saturated rings. The first-order chi connectivity index (χ1) is 16.7. The van der Waals surface area contributed by atoms with E-state index in [0.29, 0.717) is 44.2 Å². The lowest BCUT2D eigenvalue weighted by atomic mass is 9.78. The van der Waals surface area contributed by atoms with Crippen LogP contribution in [0.5, 0.6) is 0 Å². The van der Waals surface area contributed by atoms with Crippen LogP contribution in [-0.2, 0) is 29.1 Å². The zero-order valence-electron chi connectivity index (χ0n) is 19.4. The number of fused-ring (bicyclic) bond motifs is 1. The largest absolute Gasteiger partial charge is 0.511 e. The number of alkyl halides is 3. The summed E-state index contributed by atoms with van der Waals surface area (Å²) in [7, 11) is -5.68. The van der Waals surface area contributed by atoms with Crippen LogP contribution in [0, 0.1) is 11.8 Å². The van der Waals surface area contributed by atoms with E-state index in [1.54, 1.807) is 11.8 Å². The summed E-state index contributed by atoms with van der Waals surface area (Å²) in [6, 6.07) is -2.62. The molecule has 4 rings (SSSR count). The number of halogens is 3. The molecule has 0 bridgehead atoms. The van der Waals surface area contributed by atoms with E-state index in [4.69, 9.17) is 4.74 Å². The summed E-state index contributed by atoms with van der Waals surface area (Å²) < 4.78 is 68.3. The fraction of sp³-hybridized carbons (Fsp3) is 0.750. The number of β-lactam (4-membered cyclic amide) rings is 1. The van der Waals surface area contributed by atoms with Crippen molar-refractivity contribution in [2.75, 3.05) is 32.8 Å². The third-order valence-corrected chi connectivity index (χ3v) is 9.78. The third-order valence-electron chi connectivity index (χ3n) is 6.98. The second-order valence-electron chi connectivity index (χ2n) is 9.26. The lowest BCUT2D eigenvalue weighted by molar-refractivity contribution is -0.158. The van der Waals surface area contributed by atoms with Gasteiger partial charge in [-0.3, -0.25) is 9.59 Å². The topological polar surface area (TPSA) is 145 Å². The van der Waals surface area contributed by atoms with Crippen molar-refractivity contribution in [3.05, 3.63) is 10.6 Å². The van der Waals surface area contributed by atoms with Gasteiger partial charge >= 0.3 is 21.5 Å². The van der Waals surface area contributed by atoms with Crippen LogP contribution in [0.4, 0.5) is 13.2 Å². The van der Waals surface area contributed by atoms with Crippen LogP contribution in [-0.4, -0.2) is 103 Å². The summed E-state index contributed by atoms with van der Waals surface area (Å²) in [4.78, 5) is 40.8. The van der Waals surface area contributed by atoms with Gasteiger partial charge in [0, 0.05) is 41.7 Å². The second-order valence-corrected chi connectivity index (χ2v) is 12.3. The van der Waals surface area contributed by atoms with E-state index < -0.39 is 57.4 Å². The molecule has 4 aliphatic rings. The number of hydrogen-bond donors (Lipinski definition) is 3. The van der Waals surface area contributed by atoms with Crippen molar-refractivity contribution < 1.29 is 45.8 Å². The van der Waals surface area contributed by atoms with Gasteiger partial charge in [0.1, 0.15) is 5.70 Å². The molecule has 0 aromatic rings. The molecular formula is C20H27F3N4O7S2. The van der Waals surface area contributed by atoms with E-state index in [2.05, 4.69) is 5.32 Å². The van der Waals surface area contributed by atoms with Crippen molar-refractivity contribution >= 4 is 39.6 Å². The highest BCUT2D eigenvalue weighted by Crippen LogP contribution is 2.52. The van der Waals surface area contributed by atoms with Crippen LogP contribution in [0.25, 0.3) is 0 Å². The smallest absolute Gasteiger partial charge is 0.477 e. The van der Waals surface area contributed by atoms with Gasteiger partial charge in [-0.2, -0.15) is 13.2 Å². The van der Waals surface area contributed by atoms with Crippen molar-refractivity contribution in [3.63, 3.8) is 0 Å². The van der Waals surface area contributed by atoms with Gasteiger partial charge in [0.25, 0.3) is 0 Å². The molecule has 3 saturated heterocycles. The van der Waals surface area contributed by atoms with Crippen molar-refractivity contribution in [3.8, 4) is 0 Å². The number of ether oxygens (including phenoxy) is 1. The summed E-state index contributed by atoms with van der Waals surface area (Å²) in [6.45, 7) is 5.18. The van der Waals surface area contributed by atoms with Gasteiger partial charge in [0.05, 0.1) is 31.2 Å². The quantitative estimate of drug-likeness (QED) is 0.366. The van der Waals surface area contributed by atoms with Gasteiger partial charge in [-0.1, -0.05) is 6.92 Å². The standard InChI is InChI=1S/C20H27F3N4O7S2/c1-9-14-13(10(2)25-36(32,33)20(21,22)23)18(29)27(14)15(19(30)31)16(9)35-11-7-12(24-8-11)17(28)26-3-5-34-6-4-26/h9-14,24-25H,3-8H2,1-2H3,(H,30,31)/t9-,10?,11+,12+,13-,14-/m1/s1. The Hall–Kier alpha value is -1.88. The second kappa shape index (κ2) is 9.78. The Morgan fingerprint density at radius 2 is 1.92 bits per heavy atom. The molecule has 3 N–H and O–H groups in total. The van der Waals surface area contributed by atoms with Crippen molar-refractivity contribution in [2.45, 2.75) is 49.2 Å². The highest BCUT2D eigenvalue weighted by Gasteiger charge is 2.61. The number of carboxylic acid groups (broad SMARTS) is 1. The zero-order valence-corrected chi connectivity index (χ0v) is 21.1. The Balaban J connectivity index is 1.46. The fourth-order valence-electron chi connectivity index (χ4n) is 5.25. The van der Waals surface area contributed by atoms with Gasteiger partial charge in [0.15, 0.2) is 0 Å². The lowest BCUT2D eigenvalue weighted by Crippen LogP contribution is -2.66. The van der Waals surface area contributed by atoms with Gasteiger partial charge < -0.3 is 25.0 Å². The van der Waals surface area contributed by atoms with Crippen LogP contribution >= 0.6 is 11.8 Å². The SMILES string of the molecule is CC(NS(=O)(=O)C(F)(F)F)[C@H]1C(=O)N2C(C(=O)O)=C(S[C@@H]3CN[C@H](C(=O)N4CCOCC4)C3)[C@H](C)[C@H]12. The number of aliphatic carboxylic acids is 1. The van der Waals surface area contributed by atoms with Crippen LogP contribution in [0.3, 0.4) is 0 Å². The van der Waals surface area contributed by atoms with Crippen LogP contribution in [0.15, 0.2) is 10.6 Å². The maximum Gasteiger partial charge on any atom is 0.511 e. The Morgan fingerprint density at radius 3 is 2.50 bits per heavy atom. The van der Waals surface area contributed by atoms with E-state index >= 15 is 0 Å². The Morgan fingerprint density at radius 1 is 1.28 bits per heavy atom. The summed E-state index contributed by atoms with van der Waals surface area (Å²) in [5.41, 5.74) is -5.78. The average Bonchev–Trinajstić information content (AvgIpc) is 3.35. The van der Waals surface area contributed by atoms with Gasteiger partial charge in [-0.05, 0) is 13.3 Å². The maximum atomic E-state index is 12.8. The molecule has 0 spiro atoms. The third kappa shape index (κ3) is 4.73. The van der Waals surface area contributed by atoms with E-state index in [1.165, 1.54) is 16.5 Å². The lowest BCUT2D eigenvalue weighted by Gasteiger charge is -2.47. The predicted octanol–water partition coefficient (Wildman–Crippen LogP) is -0.0905. The van der Waals surface area contributed by atoms with Crippen LogP contribution < -0.4 is 10.0 Å². The molecule has 36 heavy (non-hydrogen) atoms. The zero-order chi connectivity index (χ0) is 26.6. The van der Waals surface area contributed by atoms with E-state index in [9.17, 15) is 41.1 Å². The molecule has 202 valence electrons. The number of hydrogen-bond acceptors (Lipinski definition) is 8. The summed E-state index contributed by atoms with van der Waals surface area (Å²) >= 11 is 1.24. The molecule has 6 atom stereocenters. The first kappa shape index (κ1) is 27.2. The van der Waals surface area contributed by atoms with Crippen molar-refractivity contribution in [1.82, 2.24) is 19.8 Å². The van der Waals surface area contributed by atoms with Crippen molar-refractivity contribution in [2.24, 2.45) is 11.8 Å². The summed E-state index contributed by atoms with van der Waals surface area (Å²) in [6.07, 6.45) is 0.438. The highest BCUT2D eigenvalue weighted by molar-refractivity contribution is 8.03. The van der Waals surface area contributed by atoms with E-state index in [0.717, 1.165) is 11.8 Å². The minimum Gasteiger partial charge on any atom is -0.477 e. The predicted molar refractivity (Wildman–Crippen MR) is 121 cm³/mol. The number of carbonyl (C=O) groups excluding carboxylic acids is 2. The molecule has 1 unspecified atom stereocenters. The highest BCUT2D eigenvalue weighted by atomic mass is 32.2. The minimum absolute atomic E-state index is 0.0573. The molecule has 4 heterocycles. The average molecular weight is 557 g/mol. The molecule has 0 aliphatic carbocycles. The summed E-state index contributed by atoms with van der Waals surface area (Å²) in [5.74, 6) is -3.85. The van der Waals surface area contributed by atoms with Gasteiger partial charge in [0.2, 0.25) is 11.8 Å². The molecular weight excluding hydrogens is 529 g/mol. The molecule has 16 heteroatoms. The monoisotopic (exact) mass is 556 g/mol. The van der Waals surface area contributed by atoms with E-state index in [1.807, 2.05) is 0 Å². The number of thioether (sulfide) groups is 1. The number of nitrogens with zero attached hydrogens (tertiary/aromatic N) is 2. The van der Waals surface area contributed by atoms with Gasteiger partial charge in [-0.15, -0.1) is 11.8 Å². The molecule has 0 radical (unpaired) electrons. The number of morpholine rings is 1. The molecule has 0 aromatic carbocycles. The number of nitrogens with one attached hydrogen (secondary N) is 2. The molecule has 0 aromatic heterocycles. The van der Waals surface area contributed by atoms with Crippen molar-refractivity contribution in [1.29, 1.82) is 0 Å². The minimum atomic E-state index is -5.68. The maximum absolute atomic E-state index is 12.8. The normalized spacial score (nSPS) is 31.9.